The molecule has 1 fully saturated rings. The summed E-state index contributed by atoms with van der Waals surface area (Å²) < 4.78 is 0. The predicted molar refractivity (Wildman–Crippen MR) is 79.0 cm³/mol. The van der Waals surface area contributed by atoms with Gasteiger partial charge in [0.2, 0.25) is 5.82 Å². The molecule has 2 rings (SSSR count). The molecule has 0 amide bonds. The Kier molecular flexibility index (Phi) is 5.46. The van der Waals surface area contributed by atoms with Crippen LogP contribution in [0.2, 0.25) is 0 Å². The number of aromatic nitrogens is 1. The van der Waals surface area contributed by atoms with Crippen LogP contribution in [-0.2, 0) is 0 Å². The number of nitrogens with one attached hydrogen (secondary N) is 1. The number of pyridine rings is 1. The van der Waals surface area contributed by atoms with Crippen molar-refractivity contribution in [2.45, 2.75) is 25.7 Å². The second-order valence-corrected chi connectivity index (χ2v) is 5.14. The highest BCUT2D eigenvalue weighted by molar-refractivity contribution is 5.58. The van der Waals surface area contributed by atoms with Gasteiger partial charge in [-0.2, -0.15) is 5.26 Å². The number of nitriles is 1. The van der Waals surface area contributed by atoms with Crippen LogP contribution in [0.3, 0.4) is 0 Å². The molecule has 2 heterocycles. The fourth-order valence-corrected chi connectivity index (χ4v) is 2.48. The minimum absolute atomic E-state index is 0.148. The Labute approximate surface area is 123 Å². The molecule has 112 valence electrons. The summed E-state index contributed by atoms with van der Waals surface area (Å²) in [6, 6.07) is 3.11. The zero-order valence-electron chi connectivity index (χ0n) is 11.9. The fraction of sp³-hybridized carbons (Fsp3) is 0.571. The largest absolute Gasteiger partial charge is 0.363 e. The highest BCUT2D eigenvalue weighted by Crippen LogP contribution is 2.22. The van der Waals surface area contributed by atoms with E-state index in [0.717, 1.165) is 19.6 Å². The average molecular weight is 289 g/mol. The molecule has 0 spiro atoms. The van der Waals surface area contributed by atoms with Crippen LogP contribution in [0, 0.1) is 21.4 Å². The van der Waals surface area contributed by atoms with Crippen LogP contribution in [-0.4, -0.2) is 41.0 Å². The van der Waals surface area contributed by atoms with Crippen LogP contribution in [0.15, 0.2) is 12.3 Å². The van der Waals surface area contributed by atoms with Crippen LogP contribution in [0.5, 0.6) is 0 Å². The summed E-state index contributed by atoms with van der Waals surface area (Å²) in [4.78, 5) is 16.8. The normalized spacial score (nSPS) is 16.0. The molecule has 21 heavy (non-hydrogen) atoms. The molecule has 1 aliphatic heterocycles. The lowest BCUT2D eigenvalue weighted by Crippen LogP contribution is -2.30. The van der Waals surface area contributed by atoms with E-state index in [2.05, 4.69) is 15.2 Å². The molecule has 7 nitrogen and oxygen atoms in total. The van der Waals surface area contributed by atoms with E-state index in [1.165, 1.54) is 37.9 Å². The van der Waals surface area contributed by atoms with Crippen molar-refractivity contribution in [2.75, 3.05) is 31.5 Å². The Morgan fingerprint density at radius 2 is 2.10 bits per heavy atom. The maximum absolute atomic E-state index is 11.0. The number of rotatable bonds is 5. The number of nitro groups is 1. The quantitative estimate of drug-likeness (QED) is 0.659. The number of anilines is 1. The monoisotopic (exact) mass is 289 g/mol. The van der Waals surface area contributed by atoms with E-state index in [-0.39, 0.29) is 17.1 Å². The molecule has 0 unspecified atom stereocenters. The van der Waals surface area contributed by atoms with E-state index < -0.39 is 4.92 Å². The molecule has 0 aliphatic carbocycles. The summed E-state index contributed by atoms with van der Waals surface area (Å²) >= 11 is 0. The summed E-state index contributed by atoms with van der Waals surface area (Å²) in [6.45, 7) is 3.63. The lowest BCUT2D eigenvalue weighted by molar-refractivity contribution is -0.384. The lowest BCUT2D eigenvalue weighted by Gasteiger charge is -2.19. The first-order valence-electron chi connectivity index (χ1n) is 7.21. The van der Waals surface area contributed by atoms with Gasteiger partial charge in [0.25, 0.3) is 0 Å². The van der Waals surface area contributed by atoms with Gasteiger partial charge in [0.1, 0.15) is 6.07 Å². The Bertz CT molecular complexity index is 533. The molecule has 0 atom stereocenters. The third-order valence-corrected chi connectivity index (χ3v) is 3.61. The van der Waals surface area contributed by atoms with Crippen LogP contribution in [0.25, 0.3) is 0 Å². The smallest absolute Gasteiger partial charge is 0.312 e. The minimum Gasteiger partial charge on any atom is -0.363 e. The van der Waals surface area contributed by atoms with E-state index in [9.17, 15) is 10.1 Å². The summed E-state index contributed by atoms with van der Waals surface area (Å²) in [5.41, 5.74) is 0.0460. The van der Waals surface area contributed by atoms with E-state index >= 15 is 0 Å². The Morgan fingerprint density at radius 1 is 1.38 bits per heavy atom. The van der Waals surface area contributed by atoms with E-state index in [4.69, 9.17) is 5.26 Å². The molecule has 0 aromatic carbocycles. The molecule has 1 saturated heterocycles. The first-order valence-corrected chi connectivity index (χ1v) is 7.21. The van der Waals surface area contributed by atoms with Crippen molar-refractivity contribution in [3.8, 4) is 6.07 Å². The molecule has 1 aliphatic rings. The van der Waals surface area contributed by atoms with Gasteiger partial charge in [-0.05, 0) is 25.9 Å². The van der Waals surface area contributed by atoms with Gasteiger partial charge in [0.05, 0.1) is 10.5 Å². The van der Waals surface area contributed by atoms with Crippen LogP contribution >= 0.6 is 0 Å². The van der Waals surface area contributed by atoms with E-state index in [0.29, 0.717) is 6.54 Å². The van der Waals surface area contributed by atoms with Crippen molar-refractivity contribution in [3.05, 3.63) is 27.9 Å². The van der Waals surface area contributed by atoms with Crippen molar-refractivity contribution in [2.24, 2.45) is 0 Å². The van der Waals surface area contributed by atoms with Gasteiger partial charge in [-0.15, -0.1) is 0 Å². The third-order valence-electron chi connectivity index (χ3n) is 3.61. The van der Waals surface area contributed by atoms with Crippen molar-refractivity contribution in [1.29, 1.82) is 5.26 Å². The Morgan fingerprint density at radius 3 is 2.71 bits per heavy atom. The average Bonchev–Trinajstić information content (AvgIpc) is 2.76. The number of hydrogen-bond acceptors (Lipinski definition) is 6. The maximum Gasteiger partial charge on any atom is 0.312 e. The minimum atomic E-state index is -0.512. The molecule has 1 aromatic heterocycles. The van der Waals surface area contributed by atoms with Gasteiger partial charge >= 0.3 is 5.69 Å². The molecule has 1 N–H and O–H groups in total. The zero-order chi connectivity index (χ0) is 15.1. The van der Waals surface area contributed by atoms with E-state index in [1.807, 2.05) is 6.07 Å². The fourth-order valence-electron chi connectivity index (χ4n) is 2.48. The van der Waals surface area contributed by atoms with Crippen molar-refractivity contribution >= 4 is 11.5 Å². The first-order chi connectivity index (χ1) is 10.2. The number of likely N-dealkylation sites (tertiary alicyclic amines) is 1. The van der Waals surface area contributed by atoms with Gasteiger partial charge in [-0.25, -0.2) is 4.98 Å². The molecule has 0 saturated carbocycles. The highest BCUT2D eigenvalue weighted by Gasteiger charge is 2.16. The molecular formula is C14H19N5O2. The Hall–Kier alpha value is -2.20. The van der Waals surface area contributed by atoms with Gasteiger partial charge in [-0.1, -0.05) is 12.8 Å². The first kappa shape index (κ1) is 15.2. The zero-order valence-corrected chi connectivity index (χ0v) is 11.9. The summed E-state index contributed by atoms with van der Waals surface area (Å²) in [5, 5.41) is 22.8. The molecular weight excluding hydrogens is 270 g/mol. The number of hydrogen-bond donors (Lipinski definition) is 1. The standard InChI is InChI=1S/C14H19N5O2/c15-10-12-9-13(19(20)21)14(17-11-12)16-5-8-18-6-3-1-2-4-7-18/h9,11H,1-8H2,(H,16,17). The molecule has 0 radical (unpaired) electrons. The SMILES string of the molecule is N#Cc1cnc(NCCN2CCCCCC2)c([N+](=O)[O-])c1. The lowest BCUT2D eigenvalue weighted by atomic mass is 10.2. The van der Waals surface area contributed by atoms with E-state index in [1.54, 1.807) is 0 Å². The summed E-state index contributed by atoms with van der Waals surface area (Å²) in [6.07, 6.45) is 6.35. The third kappa shape index (κ3) is 4.39. The van der Waals surface area contributed by atoms with Gasteiger partial charge in [0.15, 0.2) is 0 Å². The van der Waals surface area contributed by atoms with Crippen LogP contribution < -0.4 is 5.32 Å². The van der Waals surface area contributed by atoms with Crippen LogP contribution in [0.4, 0.5) is 11.5 Å². The van der Waals surface area contributed by atoms with Crippen molar-refractivity contribution < 1.29 is 4.92 Å². The number of nitrogens with zero attached hydrogens (tertiary/aromatic N) is 4. The topological polar surface area (TPSA) is 95.1 Å². The van der Waals surface area contributed by atoms with Crippen molar-refractivity contribution in [3.63, 3.8) is 0 Å². The second kappa shape index (κ2) is 7.55. The molecule has 1 aromatic rings. The predicted octanol–water partition coefficient (Wildman–Crippen LogP) is 2.15. The summed E-state index contributed by atoms with van der Waals surface area (Å²) in [5.74, 6) is 0.230. The molecule has 0 bridgehead atoms. The summed E-state index contributed by atoms with van der Waals surface area (Å²) in [7, 11) is 0. The molecule has 7 heteroatoms. The maximum atomic E-state index is 11.0. The van der Waals surface area contributed by atoms with Crippen LogP contribution in [0.1, 0.15) is 31.2 Å². The Balaban J connectivity index is 1.93. The van der Waals surface area contributed by atoms with Gasteiger partial charge in [0, 0.05) is 25.4 Å². The van der Waals surface area contributed by atoms with Crippen molar-refractivity contribution in [1.82, 2.24) is 9.88 Å². The highest BCUT2D eigenvalue weighted by atomic mass is 16.6. The van der Waals surface area contributed by atoms with Gasteiger partial charge < -0.3 is 10.2 Å². The second-order valence-electron chi connectivity index (χ2n) is 5.14. The van der Waals surface area contributed by atoms with Gasteiger partial charge in [-0.3, -0.25) is 10.1 Å².